The van der Waals surface area contributed by atoms with Crippen LogP contribution in [0.2, 0.25) is 0 Å². The molecular weight excluding hydrogens is 263 g/mol. The summed E-state index contributed by atoms with van der Waals surface area (Å²) in [6.45, 7) is 10.6. The van der Waals surface area contributed by atoms with Crippen LogP contribution in [0, 0.1) is 31.0 Å². The van der Waals surface area contributed by atoms with E-state index >= 15 is 0 Å². The number of aliphatic hydroxyl groups is 1. The van der Waals surface area contributed by atoms with Gasteiger partial charge in [0.2, 0.25) is 0 Å². The highest BCUT2D eigenvalue weighted by Gasteiger charge is 2.41. The third kappa shape index (κ3) is 3.15. The van der Waals surface area contributed by atoms with Crippen molar-refractivity contribution in [2.75, 3.05) is 0 Å². The fourth-order valence-corrected chi connectivity index (χ4v) is 3.92. The maximum absolute atomic E-state index is 14.4. The standard InChI is InChI=1S/C19H29FO/c1-6-18(4,5)15-7-9-19(21,10-8-15)17-14(3)11-13(2)12-16(17)20/h11-12,15,21H,6-10H2,1-5H3. The van der Waals surface area contributed by atoms with Crippen molar-refractivity contribution >= 4 is 0 Å². The van der Waals surface area contributed by atoms with E-state index in [1.807, 2.05) is 19.9 Å². The van der Waals surface area contributed by atoms with Crippen LogP contribution in [0.15, 0.2) is 12.1 Å². The monoisotopic (exact) mass is 292 g/mol. The number of benzene rings is 1. The lowest BCUT2D eigenvalue weighted by atomic mass is 9.65. The van der Waals surface area contributed by atoms with Crippen LogP contribution in [-0.4, -0.2) is 5.11 Å². The van der Waals surface area contributed by atoms with Crippen LogP contribution in [0.4, 0.5) is 4.39 Å². The molecule has 1 N–H and O–H groups in total. The molecule has 1 aromatic carbocycles. The molecular formula is C19H29FO. The van der Waals surface area contributed by atoms with Crippen molar-refractivity contribution in [3.05, 3.63) is 34.6 Å². The van der Waals surface area contributed by atoms with Gasteiger partial charge in [-0.3, -0.25) is 0 Å². The smallest absolute Gasteiger partial charge is 0.129 e. The molecule has 1 nitrogen and oxygen atoms in total. The van der Waals surface area contributed by atoms with Gasteiger partial charge in [-0.2, -0.15) is 0 Å². The molecule has 1 aliphatic carbocycles. The number of halogens is 1. The first-order chi connectivity index (χ1) is 9.69. The summed E-state index contributed by atoms with van der Waals surface area (Å²) in [5.74, 6) is 0.375. The molecule has 0 unspecified atom stereocenters. The highest BCUT2D eigenvalue weighted by molar-refractivity contribution is 5.36. The van der Waals surface area contributed by atoms with Crippen LogP contribution in [0.3, 0.4) is 0 Å². The molecule has 0 bridgehead atoms. The van der Waals surface area contributed by atoms with Gasteiger partial charge in [-0.25, -0.2) is 4.39 Å². The molecule has 1 aliphatic rings. The SMILES string of the molecule is CCC(C)(C)C1CCC(O)(c2c(C)cc(C)cc2F)CC1. The Morgan fingerprint density at radius 3 is 2.29 bits per heavy atom. The molecule has 1 saturated carbocycles. The predicted octanol–water partition coefficient (Wildman–Crippen LogP) is 5.26. The first-order valence-electron chi connectivity index (χ1n) is 8.19. The van der Waals surface area contributed by atoms with Gasteiger partial charge in [0.25, 0.3) is 0 Å². The number of aryl methyl sites for hydroxylation is 2. The van der Waals surface area contributed by atoms with Crippen LogP contribution >= 0.6 is 0 Å². The van der Waals surface area contributed by atoms with Crippen LogP contribution in [0.25, 0.3) is 0 Å². The Kier molecular flexibility index (Phi) is 4.49. The first kappa shape index (κ1) is 16.5. The van der Waals surface area contributed by atoms with Crippen LogP contribution in [0.5, 0.6) is 0 Å². The first-order valence-corrected chi connectivity index (χ1v) is 8.19. The van der Waals surface area contributed by atoms with Crippen LogP contribution in [0.1, 0.15) is 69.6 Å². The third-order valence-electron chi connectivity index (χ3n) is 5.73. The lowest BCUT2D eigenvalue weighted by Gasteiger charge is -2.43. The van der Waals surface area contributed by atoms with E-state index in [1.165, 1.54) is 0 Å². The average Bonchev–Trinajstić information content (AvgIpc) is 2.37. The van der Waals surface area contributed by atoms with Crippen molar-refractivity contribution in [1.29, 1.82) is 0 Å². The molecule has 1 fully saturated rings. The normalized spacial score (nSPS) is 26.9. The largest absolute Gasteiger partial charge is 0.385 e. The quantitative estimate of drug-likeness (QED) is 0.806. The van der Waals surface area contributed by atoms with Gasteiger partial charge in [-0.15, -0.1) is 0 Å². The lowest BCUT2D eigenvalue weighted by Crippen LogP contribution is -2.37. The zero-order chi connectivity index (χ0) is 15.8. The van der Waals surface area contributed by atoms with E-state index in [2.05, 4.69) is 20.8 Å². The Balaban J connectivity index is 2.24. The fourth-order valence-electron chi connectivity index (χ4n) is 3.92. The maximum Gasteiger partial charge on any atom is 0.129 e. The summed E-state index contributed by atoms with van der Waals surface area (Å²) < 4.78 is 14.4. The van der Waals surface area contributed by atoms with Crippen molar-refractivity contribution in [2.45, 2.75) is 72.3 Å². The Labute approximate surface area is 128 Å². The van der Waals surface area contributed by atoms with E-state index in [-0.39, 0.29) is 5.82 Å². The highest BCUT2D eigenvalue weighted by atomic mass is 19.1. The Bertz CT molecular complexity index is 487. The van der Waals surface area contributed by atoms with E-state index in [4.69, 9.17) is 0 Å². The molecule has 0 amide bonds. The summed E-state index contributed by atoms with van der Waals surface area (Å²) in [5, 5.41) is 11.0. The Morgan fingerprint density at radius 2 is 1.81 bits per heavy atom. The molecule has 0 aliphatic heterocycles. The Hall–Kier alpha value is -0.890. The minimum Gasteiger partial charge on any atom is -0.385 e. The van der Waals surface area contributed by atoms with Gasteiger partial charge in [0.05, 0.1) is 5.60 Å². The molecule has 21 heavy (non-hydrogen) atoms. The molecule has 0 saturated heterocycles. The predicted molar refractivity (Wildman–Crippen MR) is 85.8 cm³/mol. The van der Waals surface area contributed by atoms with E-state index in [9.17, 15) is 9.50 Å². The van der Waals surface area contributed by atoms with E-state index in [1.54, 1.807) is 6.07 Å². The summed E-state index contributed by atoms with van der Waals surface area (Å²) in [4.78, 5) is 0. The van der Waals surface area contributed by atoms with E-state index < -0.39 is 5.60 Å². The van der Waals surface area contributed by atoms with Gasteiger partial charge in [0.15, 0.2) is 0 Å². The van der Waals surface area contributed by atoms with Gasteiger partial charge in [0, 0.05) is 5.56 Å². The lowest BCUT2D eigenvalue weighted by molar-refractivity contribution is -0.0356. The second kappa shape index (κ2) is 5.72. The fraction of sp³-hybridized carbons (Fsp3) is 0.684. The highest BCUT2D eigenvalue weighted by Crippen LogP contribution is 2.47. The van der Waals surface area contributed by atoms with E-state index in [0.717, 1.165) is 30.4 Å². The minimum atomic E-state index is -0.984. The molecule has 2 heteroatoms. The summed E-state index contributed by atoms with van der Waals surface area (Å²) in [6.07, 6.45) is 4.44. The van der Waals surface area contributed by atoms with Gasteiger partial charge in [-0.1, -0.05) is 33.3 Å². The van der Waals surface area contributed by atoms with Crippen molar-refractivity contribution in [1.82, 2.24) is 0 Å². The van der Waals surface area contributed by atoms with Crippen LogP contribution in [-0.2, 0) is 5.60 Å². The molecule has 0 heterocycles. The molecule has 0 atom stereocenters. The second-order valence-corrected chi connectivity index (χ2v) is 7.59. The second-order valence-electron chi connectivity index (χ2n) is 7.59. The topological polar surface area (TPSA) is 20.2 Å². The molecule has 118 valence electrons. The molecule has 0 aromatic heterocycles. The Morgan fingerprint density at radius 1 is 1.24 bits per heavy atom. The van der Waals surface area contributed by atoms with Gasteiger partial charge in [-0.05, 0) is 68.1 Å². The van der Waals surface area contributed by atoms with Gasteiger partial charge in [0.1, 0.15) is 5.82 Å². The maximum atomic E-state index is 14.4. The molecule has 0 spiro atoms. The summed E-state index contributed by atoms with van der Waals surface area (Å²) in [7, 11) is 0. The zero-order valence-electron chi connectivity index (χ0n) is 14.1. The molecule has 1 aromatic rings. The van der Waals surface area contributed by atoms with Gasteiger partial charge >= 0.3 is 0 Å². The van der Waals surface area contributed by atoms with Crippen LogP contribution < -0.4 is 0 Å². The molecule has 0 radical (unpaired) electrons. The van der Waals surface area contributed by atoms with E-state index in [0.29, 0.717) is 29.7 Å². The average molecular weight is 292 g/mol. The summed E-state index contributed by atoms with van der Waals surface area (Å²) in [6, 6.07) is 3.51. The zero-order valence-corrected chi connectivity index (χ0v) is 14.1. The van der Waals surface area contributed by atoms with Crippen molar-refractivity contribution in [3.63, 3.8) is 0 Å². The van der Waals surface area contributed by atoms with Crippen molar-refractivity contribution in [3.8, 4) is 0 Å². The number of hydrogen-bond donors (Lipinski definition) is 1. The summed E-state index contributed by atoms with van der Waals surface area (Å²) in [5.41, 5.74) is 1.65. The van der Waals surface area contributed by atoms with Gasteiger partial charge < -0.3 is 5.11 Å². The number of rotatable bonds is 3. The number of hydrogen-bond acceptors (Lipinski definition) is 1. The summed E-state index contributed by atoms with van der Waals surface area (Å²) >= 11 is 0. The third-order valence-corrected chi connectivity index (χ3v) is 5.73. The minimum absolute atomic E-state index is 0.247. The molecule has 2 rings (SSSR count). The van der Waals surface area contributed by atoms with Crippen molar-refractivity contribution in [2.24, 2.45) is 11.3 Å². The van der Waals surface area contributed by atoms with Crippen molar-refractivity contribution < 1.29 is 9.50 Å².